The monoisotopic (exact) mass is 236 g/mol. The Morgan fingerprint density at radius 1 is 1.06 bits per heavy atom. The molecule has 0 aliphatic heterocycles. The van der Waals surface area contributed by atoms with E-state index in [2.05, 4.69) is 18.9 Å². The number of unbranched alkanes of at least 4 members (excludes halogenated alkanes) is 3. The summed E-state index contributed by atoms with van der Waals surface area (Å²) in [6.45, 7) is 2.17. The second-order valence-electron chi connectivity index (χ2n) is 4.14. The Morgan fingerprint density at radius 3 is 2.29 bits per heavy atom. The van der Waals surface area contributed by atoms with Crippen molar-refractivity contribution in [2.45, 2.75) is 57.7 Å². The highest BCUT2D eigenvalue weighted by atomic mass is 16.3. The Balaban J connectivity index is 3.66. The minimum absolute atomic E-state index is 0.398. The van der Waals surface area contributed by atoms with Crippen LogP contribution in [0.4, 0.5) is 0 Å². The molecule has 2 heteroatoms. The zero-order valence-electron chi connectivity index (χ0n) is 10.7. The summed E-state index contributed by atoms with van der Waals surface area (Å²) >= 11 is 0. The maximum atomic E-state index is 9.63. The molecule has 17 heavy (non-hydrogen) atoms. The van der Waals surface area contributed by atoms with Gasteiger partial charge in [-0.2, -0.15) is 0 Å². The lowest BCUT2D eigenvalue weighted by atomic mass is 10.1. The fourth-order valence-corrected chi connectivity index (χ4v) is 1.46. The molecule has 0 aliphatic rings. The van der Waals surface area contributed by atoms with Gasteiger partial charge in [-0.3, -0.25) is 0 Å². The van der Waals surface area contributed by atoms with Crippen LogP contribution in [-0.4, -0.2) is 22.4 Å². The van der Waals surface area contributed by atoms with E-state index in [1.165, 1.54) is 25.3 Å². The third-order valence-electron chi connectivity index (χ3n) is 2.55. The van der Waals surface area contributed by atoms with E-state index in [0.717, 1.165) is 6.42 Å². The van der Waals surface area contributed by atoms with Gasteiger partial charge in [-0.25, -0.2) is 0 Å². The number of allylic oxidation sites excluding steroid dienone is 2. The van der Waals surface area contributed by atoms with Crippen molar-refractivity contribution in [2.24, 2.45) is 0 Å². The molecular formula is C15H24O2. The van der Waals surface area contributed by atoms with Gasteiger partial charge in [-0.05, 0) is 31.8 Å². The molecule has 0 unspecified atom stereocenters. The fourth-order valence-electron chi connectivity index (χ4n) is 1.46. The van der Waals surface area contributed by atoms with Crippen LogP contribution in [0.25, 0.3) is 0 Å². The molecule has 0 rings (SSSR count). The molecule has 0 fully saturated rings. The summed E-state index contributed by atoms with van der Waals surface area (Å²) in [7, 11) is 0. The third kappa shape index (κ3) is 9.86. The lowest BCUT2D eigenvalue weighted by Crippen LogP contribution is -2.24. The van der Waals surface area contributed by atoms with Crippen LogP contribution < -0.4 is 0 Å². The molecule has 0 aliphatic carbocycles. The second kappa shape index (κ2) is 11.4. The van der Waals surface area contributed by atoms with Crippen LogP contribution in [0.1, 0.15) is 45.4 Å². The van der Waals surface area contributed by atoms with E-state index < -0.39 is 12.2 Å². The van der Waals surface area contributed by atoms with E-state index in [0.29, 0.717) is 12.8 Å². The van der Waals surface area contributed by atoms with Crippen molar-refractivity contribution in [1.29, 1.82) is 0 Å². The Hall–Kier alpha value is -1.04. The summed E-state index contributed by atoms with van der Waals surface area (Å²) in [5.41, 5.74) is 0. The molecule has 0 aromatic rings. The summed E-state index contributed by atoms with van der Waals surface area (Å²) in [5.74, 6) is 2.35. The Bertz CT molecular complexity index is 261. The van der Waals surface area contributed by atoms with Gasteiger partial charge in [0.15, 0.2) is 0 Å². The molecule has 0 spiro atoms. The average Bonchev–Trinajstić information content (AvgIpc) is 2.33. The molecule has 2 N–H and O–H groups in total. The zero-order valence-corrected chi connectivity index (χ0v) is 10.7. The molecule has 0 radical (unpaired) electrons. The first-order valence-electron chi connectivity index (χ1n) is 6.34. The molecule has 96 valence electrons. The SMILES string of the molecule is C#C/C=C/C[C@@H](O)[C@@H](O)C/C=C\CCCCC. The standard InChI is InChI=1S/C15H24O2/c1-3-5-7-8-9-11-13-15(17)14(16)12-10-6-4-2/h2,6,9-11,14-17H,3,5,7-8,12-13H2,1H3/b10-6+,11-9-/t14-,15+/m1/s1. The highest BCUT2D eigenvalue weighted by Crippen LogP contribution is 2.06. The summed E-state index contributed by atoms with van der Waals surface area (Å²) in [4.78, 5) is 0. The molecule has 2 atom stereocenters. The van der Waals surface area contributed by atoms with Crippen molar-refractivity contribution in [2.75, 3.05) is 0 Å². The van der Waals surface area contributed by atoms with Crippen LogP contribution in [-0.2, 0) is 0 Å². The number of rotatable bonds is 9. The minimum Gasteiger partial charge on any atom is -0.390 e. The predicted molar refractivity (Wildman–Crippen MR) is 72.5 cm³/mol. The van der Waals surface area contributed by atoms with Crippen LogP contribution in [0.15, 0.2) is 24.3 Å². The van der Waals surface area contributed by atoms with E-state index in [9.17, 15) is 10.2 Å². The van der Waals surface area contributed by atoms with Crippen molar-refractivity contribution in [3.05, 3.63) is 24.3 Å². The first-order valence-corrected chi connectivity index (χ1v) is 6.34. The largest absolute Gasteiger partial charge is 0.390 e. The van der Waals surface area contributed by atoms with Crippen LogP contribution in [0.2, 0.25) is 0 Å². The number of hydrogen-bond donors (Lipinski definition) is 2. The van der Waals surface area contributed by atoms with Gasteiger partial charge >= 0.3 is 0 Å². The third-order valence-corrected chi connectivity index (χ3v) is 2.55. The van der Waals surface area contributed by atoms with Crippen molar-refractivity contribution < 1.29 is 10.2 Å². The molecule has 0 saturated carbocycles. The smallest absolute Gasteiger partial charge is 0.0836 e. The number of aliphatic hydroxyl groups is 2. The lowest BCUT2D eigenvalue weighted by Gasteiger charge is -2.14. The van der Waals surface area contributed by atoms with Crippen molar-refractivity contribution in [1.82, 2.24) is 0 Å². The summed E-state index contributed by atoms with van der Waals surface area (Å²) < 4.78 is 0. The van der Waals surface area contributed by atoms with Crippen molar-refractivity contribution in [3.63, 3.8) is 0 Å². The van der Waals surface area contributed by atoms with E-state index in [-0.39, 0.29) is 0 Å². The zero-order chi connectivity index (χ0) is 12.9. The quantitative estimate of drug-likeness (QED) is 0.367. The first kappa shape index (κ1) is 16.0. The molecule has 0 saturated heterocycles. The second-order valence-corrected chi connectivity index (χ2v) is 4.14. The average molecular weight is 236 g/mol. The number of hydrogen-bond acceptors (Lipinski definition) is 2. The molecule has 0 aromatic heterocycles. The fraction of sp³-hybridized carbons (Fsp3) is 0.600. The minimum atomic E-state index is -0.736. The maximum absolute atomic E-state index is 9.63. The highest BCUT2D eigenvalue weighted by Gasteiger charge is 2.12. The Morgan fingerprint density at radius 2 is 1.71 bits per heavy atom. The number of terminal acetylenes is 1. The first-order chi connectivity index (χ1) is 8.22. The van der Waals surface area contributed by atoms with Crippen LogP contribution in [0.5, 0.6) is 0 Å². The predicted octanol–water partition coefficient (Wildman–Crippen LogP) is 2.81. The highest BCUT2D eigenvalue weighted by molar-refractivity contribution is 5.09. The van der Waals surface area contributed by atoms with Gasteiger partial charge in [0.2, 0.25) is 0 Å². The molecule has 0 aromatic carbocycles. The van der Waals surface area contributed by atoms with E-state index >= 15 is 0 Å². The molecule has 0 bridgehead atoms. The molecule has 0 heterocycles. The topological polar surface area (TPSA) is 40.5 Å². The Kier molecular flexibility index (Phi) is 10.7. The van der Waals surface area contributed by atoms with E-state index in [4.69, 9.17) is 6.42 Å². The van der Waals surface area contributed by atoms with Gasteiger partial charge in [0.05, 0.1) is 12.2 Å². The van der Waals surface area contributed by atoms with Crippen molar-refractivity contribution >= 4 is 0 Å². The van der Waals surface area contributed by atoms with Crippen LogP contribution in [0, 0.1) is 12.3 Å². The normalized spacial score (nSPS) is 15.2. The summed E-state index contributed by atoms with van der Waals surface area (Å²) in [6.07, 6.45) is 16.4. The van der Waals surface area contributed by atoms with E-state index in [1.807, 2.05) is 6.08 Å². The Labute approximate surface area is 105 Å². The van der Waals surface area contributed by atoms with Crippen LogP contribution >= 0.6 is 0 Å². The maximum Gasteiger partial charge on any atom is 0.0836 e. The van der Waals surface area contributed by atoms with Gasteiger partial charge in [0.25, 0.3) is 0 Å². The molecule has 0 amide bonds. The lowest BCUT2D eigenvalue weighted by molar-refractivity contribution is 0.0238. The summed E-state index contributed by atoms with van der Waals surface area (Å²) in [6, 6.07) is 0. The molecule has 2 nitrogen and oxygen atoms in total. The van der Waals surface area contributed by atoms with Crippen LogP contribution in [0.3, 0.4) is 0 Å². The summed E-state index contributed by atoms with van der Waals surface area (Å²) in [5, 5.41) is 19.2. The van der Waals surface area contributed by atoms with Gasteiger partial charge < -0.3 is 10.2 Å². The van der Waals surface area contributed by atoms with Gasteiger partial charge in [0.1, 0.15) is 0 Å². The number of aliphatic hydroxyl groups excluding tert-OH is 2. The van der Waals surface area contributed by atoms with Gasteiger partial charge in [-0.1, -0.05) is 43.9 Å². The van der Waals surface area contributed by atoms with E-state index in [1.54, 1.807) is 6.08 Å². The van der Waals surface area contributed by atoms with Gasteiger partial charge in [-0.15, -0.1) is 6.42 Å². The van der Waals surface area contributed by atoms with Gasteiger partial charge in [0, 0.05) is 0 Å². The molecular weight excluding hydrogens is 212 g/mol. The van der Waals surface area contributed by atoms with Crippen molar-refractivity contribution in [3.8, 4) is 12.3 Å².